The van der Waals surface area contributed by atoms with Gasteiger partial charge < -0.3 is 15.7 Å². The lowest BCUT2D eigenvalue weighted by atomic mass is 9.92. The average molecular weight is 530 g/mol. The van der Waals surface area contributed by atoms with Crippen molar-refractivity contribution in [3.8, 4) is 0 Å². The summed E-state index contributed by atoms with van der Waals surface area (Å²) in [6.07, 6.45) is 4.46. The summed E-state index contributed by atoms with van der Waals surface area (Å²) in [4.78, 5) is 35.4. The van der Waals surface area contributed by atoms with E-state index in [4.69, 9.17) is 4.84 Å². The van der Waals surface area contributed by atoms with Crippen molar-refractivity contribution in [3.05, 3.63) is 66.2 Å². The summed E-state index contributed by atoms with van der Waals surface area (Å²) in [5.74, 6) is -1.35. The van der Waals surface area contributed by atoms with Crippen molar-refractivity contribution in [3.63, 3.8) is 0 Å². The smallest absolute Gasteiger partial charge is 0.323 e. The number of fused-ring (bicyclic) bond motifs is 1. The van der Waals surface area contributed by atoms with Crippen LogP contribution in [0.15, 0.2) is 70.6 Å². The Morgan fingerprint density at radius 3 is 2.43 bits per heavy atom. The Hall–Kier alpha value is -3.48. The van der Waals surface area contributed by atoms with Crippen molar-refractivity contribution >= 4 is 27.9 Å². The zero-order valence-electron chi connectivity index (χ0n) is 20.2. The summed E-state index contributed by atoms with van der Waals surface area (Å²) in [5.41, 5.74) is 0.274. The Labute approximate surface area is 215 Å². The maximum Gasteiger partial charge on any atom is 0.323 e. The molecule has 2 aromatic rings. The van der Waals surface area contributed by atoms with Crippen molar-refractivity contribution in [1.29, 1.82) is 0 Å². The normalized spacial score (nSPS) is 19.7. The number of carboxylic acid groups (broad SMARTS) is 1. The Kier molecular flexibility index (Phi) is 8.74. The molecule has 1 saturated carbocycles. The quantitative estimate of drug-likeness (QED) is 0.252. The molecule has 1 aliphatic heterocycles. The lowest BCUT2D eigenvalue weighted by Crippen LogP contribution is -2.50. The Bertz CT molecular complexity index is 1210. The molecule has 37 heavy (non-hydrogen) atoms. The highest BCUT2D eigenvalue weighted by Crippen LogP contribution is 2.24. The van der Waals surface area contributed by atoms with Crippen LogP contribution >= 0.6 is 0 Å². The van der Waals surface area contributed by atoms with Gasteiger partial charge in [0.25, 0.3) is 5.91 Å². The number of guanidine groups is 1. The molecule has 0 radical (unpaired) electrons. The number of hydrogen-bond donors (Lipinski definition) is 4. The minimum atomic E-state index is -4.15. The largest absolute Gasteiger partial charge is 0.480 e. The molecular formula is C25H31N5O6S. The molecule has 0 spiro atoms. The zero-order valence-corrected chi connectivity index (χ0v) is 21.1. The second-order valence-electron chi connectivity index (χ2n) is 8.90. The molecule has 2 aromatic carbocycles. The number of hydrogen-bond acceptors (Lipinski definition) is 8. The van der Waals surface area contributed by atoms with Crippen LogP contribution in [0.2, 0.25) is 0 Å². The number of nitrogens with one attached hydrogen (secondary N) is 3. The molecule has 0 unspecified atom stereocenters. The van der Waals surface area contributed by atoms with E-state index in [1.54, 1.807) is 36.4 Å². The first-order chi connectivity index (χ1) is 17.8. The number of amides is 1. The maximum absolute atomic E-state index is 13.1. The monoisotopic (exact) mass is 529 g/mol. The first-order valence-electron chi connectivity index (χ1n) is 12.2. The number of hydroxylamine groups is 2. The molecule has 0 aromatic heterocycles. The van der Waals surface area contributed by atoms with E-state index >= 15 is 0 Å². The lowest BCUT2D eigenvalue weighted by molar-refractivity contribution is -0.148. The molecule has 4 rings (SSSR count). The number of benzene rings is 2. The Morgan fingerprint density at radius 2 is 1.76 bits per heavy atom. The molecule has 4 N–H and O–H groups in total. The van der Waals surface area contributed by atoms with E-state index in [9.17, 15) is 23.1 Å². The van der Waals surface area contributed by atoms with Gasteiger partial charge in [-0.15, -0.1) is 0 Å². The van der Waals surface area contributed by atoms with Gasteiger partial charge in [0.2, 0.25) is 10.0 Å². The first kappa shape index (κ1) is 26.6. The maximum atomic E-state index is 13.1. The number of aliphatic carboxylic acids is 1. The van der Waals surface area contributed by atoms with Gasteiger partial charge in [-0.05, 0) is 37.1 Å². The summed E-state index contributed by atoms with van der Waals surface area (Å²) < 4.78 is 27.6. The zero-order chi connectivity index (χ0) is 26.3. The molecule has 1 amide bonds. The molecule has 11 nitrogen and oxygen atoms in total. The SMILES string of the molecule is O=C(O)[C@H](CN(OCCNC1=N[C@@H]2CCCC[C@@H]2N1)C(=O)c1ccccc1)NS(=O)(=O)c1ccccc1. The van der Waals surface area contributed by atoms with Crippen LogP contribution in [0.3, 0.4) is 0 Å². The van der Waals surface area contributed by atoms with Gasteiger partial charge >= 0.3 is 5.97 Å². The van der Waals surface area contributed by atoms with E-state index in [-0.39, 0.29) is 23.1 Å². The third-order valence-corrected chi connectivity index (χ3v) is 7.72. The number of sulfonamides is 1. The van der Waals surface area contributed by atoms with Crippen molar-refractivity contribution in [2.75, 3.05) is 19.7 Å². The summed E-state index contributed by atoms with van der Waals surface area (Å²) in [6.45, 7) is -0.220. The number of carboxylic acids is 1. The molecule has 12 heteroatoms. The Balaban J connectivity index is 1.41. The van der Waals surface area contributed by atoms with Crippen LogP contribution in [0, 0.1) is 0 Å². The highest BCUT2D eigenvalue weighted by Gasteiger charge is 2.32. The standard InChI is InChI=1S/C25H31N5O6S/c31-23(18-9-3-1-4-10-18)30(36-16-15-26-25-27-20-13-7-8-14-21(20)28-25)17-22(24(32)33)29-37(34,35)19-11-5-2-6-12-19/h1-6,9-12,20-22,29H,7-8,13-17H2,(H,32,33)(H2,26,27,28)/t20-,21+,22-/m0/s1. The van der Waals surface area contributed by atoms with Crippen LogP contribution in [0.4, 0.5) is 0 Å². The predicted molar refractivity (Wildman–Crippen MR) is 136 cm³/mol. The van der Waals surface area contributed by atoms with E-state index in [2.05, 4.69) is 20.3 Å². The van der Waals surface area contributed by atoms with Gasteiger partial charge in [0.1, 0.15) is 6.04 Å². The number of aliphatic imine (C=N–C) groups is 1. The van der Waals surface area contributed by atoms with Gasteiger partial charge in [0, 0.05) is 12.1 Å². The van der Waals surface area contributed by atoms with Gasteiger partial charge in [-0.2, -0.15) is 4.72 Å². The number of rotatable bonds is 11. The van der Waals surface area contributed by atoms with Crippen molar-refractivity contribution in [2.24, 2.45) is 4.99 Å². The van der Waals surface area contributed by atoms with Gasteiger partial charge in [0.05, 0.1) is 30.1 Å². The highest BCUT2D eigenvalue weighted by molar-refractivity contribution is 7.89. The molecule has 198 valence electrons. The molecule has 1 heterocycles. The summed E-state index contributed by atoms with van der Waals surface area (Å²) >= 11 is 0. The summed E-state index contributed by atoms with van der Waals surface area (Å²) in [6, 6.07) is 14.6. The van der Waals surface area contributed by atoms with E-state index in [0.717, 1.165) is 24.3 Å². The van der Waals surface area contributed by atoms with E-state index < -0.39 is 34.5 Å². The lowest BCUT2D eigenvalue weighted by Gasteiger charge is -2.26. The predicted octanol–water partition coefficient (Wildman–Crippen LogP) is 1.35. The van der Waals surface area contributed by atoms with Crippen molar-refractivity contribution in [2.45, 2.75) is 48.7 Å². The van der Waals surface area contributed by atoms with Gasteiger partial charge in [-0.25, -0.2) is 18.5 Å². The second-order valence-corrected chi connectivity index (χ2v) is 10.6. The molecular weight excluding hydrogens is 498 g/mol. The molecule has 1 fully saturated rings. The molecule has 2 aliphatic rings. The molecule has 3 atom stereocenters. The van der Waals surface area contributed by atoms with Gasteiger partial charge in [-0.3, -0.25) is 14.4 Å². The molecule has 1 aliphatic carbocycles. The van der Waals surface area contributed by atoms with Crippen molar-refractivity contribution < 1.29 is 28.0 Å². The average Bonchev–Trinajstić information content (AvgIpc) is 3.33. The summed E-state index contributed by atoms with van der Waals surface area (Å²) in [7, 11) is -4.15. The second kappa shape index (κ2) is 12.2. The van der Waals surface area contributed by atoms with E-state index in [1.807, 2.05) is 0 Å². The van der Waals surface area contributed by atoms with E-state index in [1.165, 1.54) is 30.7 Å². The third kappa shape index (κ3) is 7.06. The van der Waals surface area contributed by atoms with Crippen LogP contribution in [-0.4, -0.2) is 74.2 Å². The first-order valence-corrected chi connectivity index (χ1v) is 13.7. The third-order valence-electron chi connectivity index (χ3n) is 6.23. The minimum Gasteiger partial charge on any atom is -0.480 e. The van der Waals surface area contributed by atoms with Crippen molar-refractivity contribution in [1.82, 2.24) is 20.4 Å². The molecule has 0 saturated heterocycles. The van der Waals surface area contributed by atoms with Crippen LogP contribution in [0.5, 0.6) is 0 Å². The van der Waals surface area contributed by atoms with Crippen LogP contribution in [0.1, 0.15) is 36.0 Å². The summed E-state index contributed by atoms with van der Waals surface area (Å²) in [5, 5.41) is 17.1. The highest BCUT2D eigenvalue weighted by atomic mass is 32.2. The fourth-order valence-corrected chi connectivity index (χ4v) is 5.54. The van der Waals surface area contributed by atoms with Crippen LogP contribution in [-0.2, 0) is 19.7 Å². The van der Waals surface area contributed by atoms with E-state index in [0.29, 0.717) is 18.5 Å². The van der Waals surface area contributed by atoms with Gasteiger partial charge in [-0.1, -0.05) is 49.2 Å². The number of carbonyl (C=O) groups excluding carboxylic acids is 1. The topological polar surface area (TPSA) is 149 Å². The number of nitrogens with zero attached hydrogens (tertiary/aromatic N) is 2. The van der Waals surface area contributed by atoms with Crippen LogP contribution in [0.25, 0.3) is 0 Å². The fraction of sp³-hybridized carbons (Fsp3) is 0.400. The Morgan fingerprint density at radius 1 is 1.08 bits per heavy atom. The molecule has 0 bridgehead atoms. The van der Waals surface area contributed by atoms with Crippen LogP contribution < -0.4 is 15.4 Å². The minimum absolute atomic E-state index is 0.0202. The fourth-order valence-electron chi connectivity index (χ4n) is 4.34. The van der Waals surface area contributed by atoms with Gasteiger partial charge in [0.15, 0.2) is 5.96 Å². The number of carbonyl (C=O) groups is 2.